The number of halogens is 1. The molecule has 0 saturated heterocycles. The van der Waals surface area contributed by atoms with Gasteiger partial charge < -0.3 is 10.5 Å². The minimum Gasteiger partial charge on any atom is -0.489 e. The lowest BCUT2D eigenvalue weighted by Crippen LogP contribution is -2.22. The molecule has 0 aromatic heterocycles. The molecule has 2 nitrogen and oxygen atoms in total. The van der Waals surface area contributed by atoms with Gasteiger partial charge in [0.2, 0.25) is 0 Å². The van der Waals surface area contributed by atoms with E-state index >= 15 is 0 Å². The van der Waals surface area contributed by atoms with Crippen LogP contribution in [0.2, 0.25) is 5.02 Å². The summed E-state index contributed by atoms with van der Waals surface area (Å²) in [5.41, 5.74) is 7.05. The number of nitrogens with two attached hydrogens (primary N) is 1. The SMILES string of the molecule is CCC(N)Cc1cccc(Cl)c1OC(C)C. The summed E-state index contributed by atoms with van der Waals surface area (Å²) in [5.74, 6) is 0.781. The van der Waals surface area contributed by atoms with Crippen molar-refractivity contribution in [2.24, 2.45) is 5.73 Å². The van der Waals surface area contributed by atoms with Crippen LogP contribution in [-0.4, -0.2) is 12.1 Å². The zero-order valence-corrected chi connectivity index (χ0v) is 10.9. The maximum atomic E-state index is 6.13. The highest BCUT2D eigenvalue weighted by Crippen LogP contribution is 2.30. The van der Waals surface area contributed by atoms with Crippen molar-refractivity contribution in [3.05, 3.63) is 28.8 Å². The molecular formula is C13H20ClNO. The fraction of sp³-hybridized carbons (Fsp3) is 0.538. The minimum atomic E-state index is 0.122. The van der Waals surface area contributed by atoms with E-state index in [1.165, 1.54) is 0 Å². The van der Waals surface area contributed by atoms with Crippen LogP contribution in [0.4, 0.5) is 0 Å². The van der Waals surface area contributed by atoms with Crippen molar-refractivity contribution >= 4 is 11.6 Å². The van der Waals surface area contributed by atoms with Crippen LogP contribution < -0.4 is 10.5 Å². The largest absolute Gasteiger partial charge is 0.489 e. The summed E-state index contributed by atoms with van der Waals surface area (Å²) < 4.78 is 5.73. The van der Waals surface area contributed by atoms with Crippen LogP contribution in [0.1, 0.15) is 32.8 Å². The maximum Gasteiger partial charge on any atom is 0.141 e. The highest BCUT2D eigenvalue weighted by molar-refractivity contribution is 6.32. The van der Waals surface area contributed by atoms with Crippen molar-refractivity contribution in [1.82, 2.24) is 0 Å². The average molecular weight is 242 g/mol. The number of hydrogen-bond donors (Lipinski definition) is 1. The van der Waals surface area contributed by atoms with Crippen LogP contribution in [0.25, 0.3) is 0 Å². The van der Waals surface area contributed by atoms with Gasteiger partial charge in [0.25, 0.3) is 0 Å². The van der Waals surface area contributed by atoms with Gasteiger partial charge in [-0.1, -0.05) is 30.7 Å². The van der Waals surface area contributed by atoms with Crippen molar-refractivity contribution < 1.29 is 4.74 Å². The van der Waals surface area contributed by atoms with Crippen LogP contribution in [0.15, 0.2) is 18.2 Å². The molecule has 1 unspecified atom stereocenters. The summed E-state index contributed by atoms with van der Waals surface area (Å²) in [7, 11) is 0. The Balaban J connectivity index is 2.93. The number of rotatable bonds is 5. The molecule has 1 aromatic carbocycles. The first kappa shape index (κ1) is 13.3. The molecule has 0 aliphatic carbocycles. The molecule has 0 bridgehead atoms. The third kappa shape index (κ3) is 3.69. The van der Waals surface area contributed by atoms with E-state index < -0.39 is 0 Å². The van der Waals surface area contributed by atoms with Gasteiger partial charge in [0, 0.05) is 6.04 Å². The monoisotopic (exact) mass is 241 g/mol. The molecule has 0 aliphatic heterocycles. The highest BCUT2D eigenvalue weighted by Gasteiger charge is 2.12. The molecule has 0 saturated carbocycles. The van der Waals surface area contributed by atoms with E-state index in [9.17, 15) is 0 Å². The van der Waals surface area contributed by atoms with E-state index in [1.807, 2.05) is 32.0 Å². The summed E-state index contributed by atoms with van der Waals surface area (Å²) in [6, 6.07) is 5.97. The van der Waals surface area contributed by atoms with E-state index in [-0.39, 0.29) is 12.1 Å². The van der Waals surface area contributed by atoms with Gasteiger partial charge in [0.1, 0.15) is 5.75 Å². The standard InChI is InChI=1S/C13H20ClNO/c1-4-11(15)8-10-6-5-7-12(14)13(10)16-9(2)3/h5-7,9,11H,4,8,15H2,1-3H3. The van der Waals surface area contributed by atoms with Crippen molar-refractivity contribution in [2.75, 3.05) is 0 Å². The maximum absolute atomic E-state index is 6.13. The summed E-state index contributed by atoms with van der Waals surface area (Å²) in [6.45, 7) is 6.07. The van der Waals surface area contributed by atoms with Crippen molar-refractivity contribution in [3.8, 4) is 5.75 Å². The number of ether oxygens (including phenoxy) is 1. The van der Waals surface area contributed by atoms with Gasteiger partial charge in [-0.3, -0.25) is 0 Å². The third-order valence-corrected chi connectivity index (χ3v) is 2.71. The first-order chi connectivity index (χ1) is 7.54. The van der Waals surface area contributed by atoms with Crippen molar-refractivity contribution in [1.29, 1.82) is 0 Å². The molecule has 1 atom stereocenters. The van der Waals surface area contributed by atoms with Gasteiger partial charge in [-0.15, -0.1) is 0 Å². The molecule has 0 heterocycles. The average Bonchev–Trinajstić information content (AvgIpc) is 2.22. The third-order valence-electron chi connectivity index (χ3n) is 2.41. The normalized spacial score (nSPS) is 12.9. The molecule has 0 aliphatic rings. The molecule has 16 heavy (non-hydrogen) atoms. The van der Waals surface area contributed by atoms with E-state index in [0.717, 1.165) is 24.2 Å². The molecule has 0 radical (unpaired) electrons. The summed E-state index contributed by atoms with van der Waals surface area (Å²) >= 11 is 6.13. The first-order valence-electron chi connectivity index (χ1n) is 5.74. The van der Waals surface area contributed by atoms with E-state index in [2.05, 4.69) is 6.92 Å². The summed E-state index contributed by atoms with van der Waals surface area (Å²) in [6.07, 6.45) is 1.88. The fourth-order valence-electron chi connectivity index (χ4n) is 1.51. The number of hydrogen-bond acceptors (Lipinski definition) is 2. The zero-order chi connectivity index (χ0) is 12.1. The first-order valence-corrected chi connectivity index (χ1v) is 6.12. The number of benzene rings is 1. The Bertz CT molecular complexity index is 339. The Labute approximate surface area is 103 Å². The zero-order valence-electron chi connectivity index (χ0n) is 10.2. The van der Waals surface area contributed by atoms with E-state index in [0.29, 0.717) is 5.02 Å². The minimum absolute atomic E-state index is 0.122. The fourth-order valence-corrected chi connectivity index (χ4v) is 1.75. The Morgan fingerprint density at radius 1 is 1.38 bits per heavy atom. The molecule has 1 rings (SSSR count). The Morgan fingerprint density at radius 3 is 2.62 bits per heavy atom. The Hall–Kier alpha value is -0.730. The second-order valence-corrected chi connectivity index (χ2v) is 4.67. The predicted molar refractivity (Wildman–Crippen MR) is 69.2 cm³/mol. The van der Waals surface area contributed by atoms with Crippen molar-refractivity contribution in [3.63, 3.8) is 0 Å². The van der Waals surface area contributed by atoms with Gasteiger partial charge in [-0.05, 0) is 38.3 Å². The molecule has 3 heteroatoms. The molecule has 0 amide bonds. The van der Waals surface area contributed by atoms with Gasteiger partial charge in [0.15, 0.2) is 0 Å². The van der Waals surface area contributed by atoms with E-state index in [4.69, 9.17) is 22.1 Å². The quantitative estimate of drug-likeness (QED) is 0.858. The molecule has 2 N–H and O–H groups in total. The lowest BCUT2D eigenvalue weighted by Gasteiger charge is -2.17. The van der Waals surface area contributed by atoms with Gasteiger partial charge >= 0.3 is 0 Å². The van der Waals surface area contributed by atoms with Crippen LogP contribution in [0.3, 0.4) is 0 Å². The van der Waals surface area contributed by atoms with E-state index in [1.54, 1.807) is 0 Å². The highest BCUT2D eigenvalue weighted by atomic mass is 35.5. The molecule has 0 fully saturated rings. The van der Waals surface area contributed by atoms with Gasteiger partial charge in [-0.25, -0.2) is 0 Å². The molecule has 90 valence electrons. The van der Waals surface area contributed by atoms with Crippen LogP contribution >= 0.6 is 11.6 Å². The van der Waals surface area contributed by atoms with Gasteiger partial charge in [-0.2, -0.15) is 0 Å². The van der Waals surface area contributed by atoms with Crippen LogP contribution in [0.5, 0.6) is 5.75 Å². The predicted octanol–water partition coefficient (Wildman–Crippen LogP) is 3.41. The molecular weight excluding hydrogens is 222 g/mol. The lowest BCUT2D eigenvalue weighted by molar-refractivity contribution is 0.239. The number of para-hydroxylation sites is 1. The summed E-state index contributed by atoms with van der Waals surface area (Å²) in [4.78, 5) is 0. The second-order valence-electron chi connectivity index (χ2n) is 4.27. The smallest absolute Gasteiger partial charge is 0.141 e. The van der Waals surface area contributed by atoms with Crippen molar-refractivity contribution in [2.45, 2.75) is 45.8 Å². The molecule has 1 aromatic rings. The Morgan fingerprint density at radius 2 is 2.06 bits per heavy atom. The van der Waals surface area contributed by atoms with Gasteiger partial charge in [0.05, 0.1) is 11.1 Å². The molecule has 0 spiro atoms. The summed E-state index contributed by atoms with van der Waals surface area (Å²) in [5, 5.41) is 0.662. The lowest BCUT2D eigenvalue weighted by atomic mass is 10.0. The topological polar surface area (TPSA) is 35.2 Å². The van der Waals surface area contributed by atoms with Crippen LogP contribution in [0, 0.1) is 0 Å². The second kappa shape index (κ2) is 6.12. The van der Waals surface area contributed by atoms with Crippen LogP contribution in [-0.2, 0) is 6.42 Å². The Kier molecular flexibility index (Phi) is 5.10.